The summed E-state index contributed by atoms with van der Waals surface area (Å²) in [6, 6.07) is 23.6. The lowest BCUT2D eigenvalue weighted by atomic mass is 10.1. The summed E-state index contributed by atoms with van der Waals surface area (Å²) in [6.07, 6.45) is 0. The smallest absolute Gasteiger partial charge is 0.251 e. The predicted octanol–water partition coefficient (Wildman–Crippen LogP) is 4.56. The lowest BCUT2D eigenvalue weighted by Crippen LogP contribution is -2.23. The standard InChI is InChI=1S/C22H19NO3S/c1-26-19-13-8-14-20(27-22(25)17-11-6-3-7-12-17)18(19)15-23-21(24)16-9-4-2-5-10-16/h2-14H,15H2,1H3,(H,23,24). The van der Waals surface area contributed by atoms with Crippen molar-refractivity contribution in [3.63, 3.8) is 0 Å². The van der Waals surface area contributed by atoms with Crippen molar-refractivity contribution >= 4 is 22.8 Å². The van der Waals surface area contributed by atoms with E-state index >= 15 is 0 Å². The van der Waals surface area contributed by atoms with Crippen molar-refractivity contribution in [1.82, 2.24) is 5.32 Å². The molecular formula is C22H19NO3S. The second-order valence-electron chi connectivity index (χ2n) is 5.74. The molecular weight excluding hydrogens is 358 g/mol. The Morgan fingerprint density at radius 1 is 0.852 bits per heavy atom. The molecule has 5 heteroatoms. The maximum Gasteiger partial charge on any atom is 0.251 e. The second kappa shape index (κ2) is 9.05. The van der Waals surface area contributed by atoms with Gasteiger partial charge >= 0.3 is 0 Å². The highest BCUT2D eigenvalue weighted by Crippen LogP contribution is 2.32. The number of hydrogen-bond acceptors (Lipinski definition) is 4. The summed E-state index contributed by atoms with van der Waals surface area (Å²) < 4.78 is 5.44. The molecule has 0 unspecified atom stereocenters. The van der Waals surface area contributed by atoms with Gasteiger partial charge in [-0.25, -0.2) is 0 Å². The van der Waals surface area contributed by atoms with Crippen molar-refractivity contribution in [2.24, 2.45) is 0 Å². The van der Waals surface area contributed by atoms with Gasteiger partial charge in [0.15, 0.2) is 0 Å². The van der Waals surface area contributed by atoms with Crippen LogP contribution in [0.2, 0.25) is 0 Å². The van der Waals surface area contributed by atoms with Gasteiger partial charge in [0, 0.05) is 28.1 Å². The Labute approximate surface area is 162 Å². The van der Waals surface area contributed by atoms with Gasteiger partial charge < -0.3 is 10.1 Å². The number of carbonyl (C=O) groups is 2. The SMILES string of the molecule is COc1cccc(SC(=O)c2ccccc2)c1CNC(=O)c1ccccc1. The average molecular weight is 377 g/mol. The largest absolute Gasteiger partial charge is 0.496 e. The van der Waals surface area contributed by atoms with E-state index in [2.05, 4.69) is 5.32 Å². The fourth-order valence-electron chi connectivity index (χ4n) is 2.60. The van der Waals surface area contributed by atoms with E-state index in [1.54, 1.807) is 31.4 Å². The summed E-state index contributed by atoms with van der Waals surface area (Å²) in [7, 11) is 1.57. The number of carbonyl (C=O) groups excluding carboxylic acids is 2. The Bertz CT molecular complexity index is 927. The van der Waals surface area contributed by atoms with Gasteiger partial charge in [-0.15, -0.1) is 0 Å². The molecule has 0 bridgehead atoms. The summed E-state index contributed by atoms with van der Waals surface area (Å²) in [5.74, 6) is 0.459. The van der Waals surface area contributed by atoms with Gasteiger partial charge in [-0.1, -0.05) is 54.6 Å². The Morgan fingerprint density at radius 3 is 2.11 bits per heavy atom. The summed E-state index contributed by atoms with van der Waals surface area (Å²) in [5, 5.41) is 2.84. The molecule has 3 aromatic carbocycles. The summed E-state index contributed by atoms with van der Waals surface area (Å²) in [6.45, 7) is 0.266. The molecule has 0 spiro atoms. The van der Waals surface area contributed by atoms with E-state index in [9.17, 15) is 9.59 Å². The molecule has 0 radical (unpaired) electrons. The molecule has 0 heterocycles. The topological polar surface area (TPSA) is 55.4 Å². The van der Waals surface area contributed by atoms with Crippen molar-refractivity contribution in [3.05, 3.63) is 95.6 Å². The van der Waals surface area contributed by atoms with Gasteiger partial charge in [-0.3, -0.25) is 9.59 Å². The number of amides is 1. The van der Waals surface area contributed by atoms with E-state index in [1.807, 2.05) is 54.6 Å². The normalized spacial score (nSPS) is 10.3. The van der Waals surface area contributed by atoms with E-state index in [4.69, 9.17) is 4.74 Å². The fraction of sp³-hybridized carbons (Fsp3) is 0.0909. The van der Waals surface area contributed by atoms with Gasteiger partial charge in [0.1, 0.15) is 5.75 Å². The quantitative estimate of drug-likeness (QED) is 0.640. The number of rotatable bonds is 6. The van der Waals surface area contributed by atoms with Gasteiger partial charge in [0.05, 0.1) is 7.11 Å². The highest BCUT2D eigenvalue weighted by molar-refractivity contribution is 8.14. The molecule has 1 amide bonds. The lowest BCUT2D eigenvalue weighted by molar-refractivity contribution is 0.0950. The first kappa shape index (κ1) is 18.7. The van der Waals surface area contributed by atoms with Crippen molar-refractivity contribution in [3.8, 4) is 5.75 Å². The summed E-state index contributed by atoms with van der Waals surface area (Å²) >= 11 is 1.13. The lowest BCUT2D eigenvalue weighted by Gasteiger charge is -2.14. The molecule has 0 aliphatic heterocycles. The number of ether oxygens (including phenoxy) is 1. The maximum atomic E-state index is 12.6. The third-order valence-corrected chi connectivity index (χ3v) is 5.01. The predicted molar refractivity (Wildman–Crippen MR) is 107 cm³/mol. The van der Waals surface area contributed by atoms with Crippen LogP contribution in [-0.4, -0.2) is 18.1 Å². The van der Waals surface area contributed by atoms with E-state index in [-0.39, 0.29) is 17.6 Å². The number of methoxy groups -OCH3 is 1. The van der Waals surface area contributed by atoms with E-state index < -0.39 is 0 Å². The van der Waals surface area contributed by atoms with Crippen molar-refractivity contribution in [2.75, 3.05) is 7.11 Å². The Balaban J connectivity index is 1.79. The Kier molecular flexibility index (Phi) is 6.28. The highest BCUT2D eigenvalue weighted by Gasteiger charge is 2.16. The van der Waals surface area contributed by atoms with Crippen LogP contribution >= 0.6 is 11.8 Å². The first-order valence-corrected chi connectivity index (χ1v) is 9.27. The molecule has 0 aliphatic rings. The van der Waals surface area contributed by atoms with Crippen LogP contribution in [0.15, 0.2) is 83.8 Å². The number of hydrogen-bond donors (Lipinski definition) is 1. The van der Waals surface area contributed by atoms with Gasteiger partial charge in [-0.2, -0.15) is 0 Å². The van der Waals surface area contributed by atoms with Crippen LogP contribution in [0, 0.1) is 0 Å². The van der Waals surface area contributed by atoms with Crippen LogP contribution in [0.5, 0.6) is 5.75 Å². The molecule has 0 saturated heterocycles. The van der Waals surface area contributed by atoms with Crippen LogP contribution in [0.1, 0.15) is 26.3 Å². The van der Waals surface area contributed by atoms with Crippen LogP contribution < -0.4 is 10.1 Å². The fourth-order valence-corrected chi connectivity index (χ4v) is 3.50. The number of thioether (sulfide) groups is 1. The third-order valence-electron chi connectivity index (χ3n) is 3.98. The van der Waals surface area contributed by atoms with Crippen molar-refractivity contribution < 1.29 is 14.3 Å². The molecule has 1 N–H and O–H groups in total. The summed E-state index contributed by atoms with van der Waals surface area (Å²) in [4.78, 5) is 25.7. The minimum atomic E-state index is -0.174. The third kappa shape index (κ3) is 4.77. The zero-order valence-electron chi connectivity index (χ0n) is 14.8. The van der Waals surface area contributed by atoms with Gasteiger partial charge in [0.2, 0.25) is 5.12 Å². The molecule has 0 aliphatic carbocycles. The molecule has 0 saturated carbocycles. The van der Waals surface area contributed by atoms with Crippen molar-refractivity contribution in [2.45, 2.75) is 11.4 Å². The second-order valence-corrected chi connectivity index (χ2v) is 6.76. The molecule has 0 fully saturated rings. The zero-order chi connectivity index (χ0) is 19.1. The van der Waals surface area contributed by atoms with Gasteiger partial charge in [-0.05, 0) is 36.0 Å². The molecule has 27 heavy (non-hydrogen) atoms. The molecule has 3 rings (SSSR count). The van der Waals surface area contributed by atoms with Crippen LogP contribution in [0.4, 0.5) is 0 Å². The molecule has 0 atom stereocenters. The minimum absolute atomic E-state index is 0.0560. The Hall–Kier alpha value is -3.05. The maximum absolute atomic E-state index is 12.6. The van der Waals surface area contributed by atoms with E-state index in [0.29, 0.717) is 16.9 Å². The molecule has 0 aromatic heterocycles. The first-order valence-electron chi connectivity index (χ1n) is 8.45. The first-order chi connectivity index (χ1) is 13.2. The molecule has 3 aromatic rings. The van der Waals surface area contributed by atoms with Crippen molar-refractivity contribution in [1.29, 1.82) is 0 Å². The monoisotopic (exact) mass is 377 g/mol. The van der Waals surface area contributed by atoms with E-state index in [0.717, 1.165) is 22.2 Å². The van der Waals surface area contributed by atoms with Crippen LogP contribution in [0.3, 0.4) is 0 Å². The molecule has 4 nitrogen and oxygen atoms in total. The summed E-state index contributed by atoms with van der Waals surface area (Å²) in [5.41, 5.74) is 1.99. The van der Waals surface area contributed by atoms with Gasteiger partial charge in [0.25, 0.3) is 5.91 Å². The van der Waals surface area contributed by atoms with E-state index in [1.165, 1.54) is 0 Å². The zero-order valence-corrected chi connectivity index (χ0v) is 15.7. The highest BCUT2D eigenvalue weighted by atomic mass is 32.2. The average Bonchev–Trinajstić information content (AvgIpc) is 2.73. The number of benzene rings is 3. The minimum Gasteiger partial charge on any atom is -0.496 e. The molecule has 136 valence electrons. The van der Waals surface area contributed by atoms with Crippen LogP contribution in [0.25, 0.3) is 0 Å². The Morgan fingerprint density at radius 2 is 1.48 bits per heavy atom. The number of nitrogens with one attached hydrogen (secondary N) is 1. The van der Waals surface area contributed by atoms with Crippen LogP contribution in [-0.2, 0) is 6.54 Å².